The Bertz CT molecular complexity index is 556. The maximum atomic E-state index is 4.48. The fourth-order valence-electron chi connectivity index (χ4n) is 3.98. The van der Waals surface area contributed by atoms with E-state index in [0.29, 0.717) is 6.04 Å². The molecule has 0 bridgehead atoms. The molecule has 3 rings (SSSR count). The Hall–Kier alpha value is -0.410. The minimum Gasteiger partial charge on any atom is -0.356 e. The molecule has 0 spiro atoms. The Morgan fingerprint density at radius 1 is 1.35 bits per heavy atom. The summed E-state index contributed by atoms with van der Waals surface area (Å²) in [5.74, 6) is 1.88. The van der Waals surface area contributed by atoms with Crippen molar-refractivity contribution in [2.75, 3.05) is 33.2 Å². The van der Waals surface area contributed by atoms with Crippen molar-refractivity contribution in [3.05, 3.63) is 16.1 Å². The van der Waals surface area contributed by atoms with Crippen LogP contribution in [0.15, 0.2) is 11.2 Å². The average molecular weight is 491 g/mol. The van der Waals surface area contributed by atoms with Crippen molar-refractivity contribution >= 4 is 41.3 Å². The van der Waals surface area contributed by atoms with Gasteiger partial charge in [0.1, 0.15) is 0 Å². The minimum absolute atomic E-state index is 0. The van der Waals surface area contributed by atoms with E-state index in [-0.39, 0.29) is 24.0 Å². The number of aromatic nitrogens is 1. The molecule has 26 heavy (non-hydrogen) atoms. The second-order valence-corrected chi connectivity index (χ2v) is 8.56. The van der Waals surface area contributed by atoms with Crippen LogP contribution >= 0.6 is 35.3 Å². The summed E-state index contributed by atoms with van der Waals surface area (Å²) in [6.07, 6.45) is 11.0. The Morgan fingerprint density at radius 2 is 2.15 bits per heavy atom. The van der Waals surface area contributed by atoms with Gasteiger partial charge in [0.15, 0.2) is 5.96 Å². The van der Waals surface area contributed by atoms with E-state index in [2.05, 4.69) is 32.4 Å². The average Bonchev–Trinajstić information content (AvgIpc) is 3.36. The van der Waals surface area contributed by atoms with Gasteiger partial charge >= 0.3 is 0 Å². The van der Waals surface area contributed by atoms with Gasteiger partial charge < -0.3 is 15.5 Å². The van der Waals surface area contributed by atoms with E-state index >= 15 is 0 Å². The van der Waals surface area contributed by atoms with E-state index in [1.54, 1.807) is 0 Å². The molecule has 1 aromatic rings. The lowest BCUT2D eigenvalue weighted by molar-refractivity contribution is 0.275. The number of aryl methyl sites for hydroxylation is 1. The van der Waals surface area contributed by atoms with Crippen LogP contribution in [0.1, 0.15) is 48.9 Å². The Balaban J connectivity index is 0.00000243. The molecule has 2 aliphatic rings. The summed E-state index contributed by atoms with van der Waals surface area (Å²) in [7, 11) is 1.86. The van der Waals surface area contributed by atoms with E-state index in [9.17, 15) is 0 Å². The van der Waals surface area contributed by atoms with E-state index < -0.39 is 0 Å². The Labute approximate surface area is 179 Å². The van der Waals surface area contributed by atoms with Crippen molar-refractivity contribution in [2.24, 2.45) is 10.9 Å². The Morgan fingerprint density at radius 3 is 2.85 bits per heavy atom. The predicted octanol–water partition coefficient (Wildman–Crippen LogP) is 3.30. The lowest BCUT2D eigenvalue weighted by Crippen LogP contribution is -2.45. The first-order valence-electron chi connectivity index (χ1n) is 9.90. The summed E-state index contributed by atoms with van der Waals surface area (Å²) in [4.78, 5) is 12.9. The van der Waals surface area contributed by atoms with Gasteiger partial charge in [-0.1, -0.05) is 19.8 Å². The fourth-order valence-corrected chi connectivity index (χ4v) is 4.84. The first kappa shape index (κ1) is 21.9. The third-order valence-corrected chi connectivity index (χ3v) is 6.61. The Kier molecular flexibility index (Phi) is 9.63. The van der Waals surface area contributed by atoms with Crippen LogP contribution in [0.3, 0.4) is 0 Å². The summed E-state index contributed by atoms with van der Waals surface area (Å²) in [6, 6.07) is 0.527. The normalized spacial score (nSPS) is 21.8. The molecule has 1 aliphatic heterocycles. The van der Waals surface area contributed by atoms with Gasteiger partial charge in [-0.2, -0.15) is 0 Å². The molecule has 1 saturated heterocycles. The SMILES string of the molecule is CCc1cnc(CCNC(=NC)NC2CCN(CC3CCCC3)C2)s1.I. The molecule has 2 fully saturated rings. The van der Waals surface area contributed by atoms with Crippen LogP contribution in [0, 0.1) is 5.92 Å². The molecule has 1 aliphatic carbocycles. The van der Waals surface area contributed by atoms with Gasteiger partial charge in [-0.05, 0) is 31.6 Å². The molecule has 5 nitrogen and oxygen atoms in total. The van der Waals surface area contributed by atoms with Gasteiger partial charge in [-0.25, -0.2) is 4.98 Å². The van der Waals surface area contributed by atoms with Crippen molar-refractivity contribution < 1.29 is 0 Å². The first-order valence-corrected chi connectivity index (χ1v) is 10.7. The van der Waals surface area contributed by atoms with Crippen molar-refractivity contribution in [2.45, 2.75) is 57.9 Å². The van der Waals surface area contributed by atoms with E-state index in [0.717, 1.165) is 37.8 Å². The van der Waals surface area contributed by atoms with Crippen molar-refractivity contribution in [3.8, 4) is 0 Å². The van der Waals surface area contributed by atoms with E-state index in [1.165, 1.54) is 55.1 Å². The smallest absolute Gasteiger partial charge is 0.191 e. The van der Waals surface area contributed by atoms with Gasteiger partial charge in [0.05, 0.1) is 5.01 Å². The van der Waals surface area contributed by atoms with Crippen LogP contribution in [0.2, 0.25) is 0 Å². The van der Waals surface area contributed by atoms with Crippen LogP contribution in [-0.4, -0.2) is 55.1 Å². The molecule has 1 aromatic heterocycles. The molecule has 1 saturated carbocycles. The molecule has 1 unspecified atom stereocenters. The second-order valence-electron chi connectivity index (χ2n) is 7.36. The summed E-state index contributed by atoms with van der Waals surface area (Å²) in [5.41, 5.74) is 0. The van der Waals surface area contributed by atoms with Crippen LogP contribution in [0.25, 0.3) is 0 Å². The number of hydrogen-bond acceptors (Lipinski definition) is 4. The highest BCUT2D eigenvalue weighted by Gasteiger charge is 2.26. The number of nitrogens with zero attached hydrogens (tertiary/aromatic N) is 3. The van der Waals surface area contributed by atoms with E-state index in [4.69, 9.17) is 0 Å². The van der Waals surface area contributed by atoms with Gasteiger partial charge in [-0.3, -0.25) is 4.99 Å². The summed E-state index contributed by atoms with van der Waals surface area (Å²) in [6.45, 7) is 6.75. The van der Waals surface area contributed by atoms with Gasteiger partial charge in [0.25, 0.3) is 0 Å². The summed E-state index contributed by atoms with van der Waals surface area (Å²) in [5, 5.41) is 8.26. The number of hydrogen-bond donors (Lipinski definition) is 2. The van der Waals surface area contributed by atoms with Crippen LogP contribution in [0.4, 0.5) is 0 Å². The third kappa shape index (κ3) is 6.64. The molecule has 7 heteroatoms. The molecule has 0 amide bonds. The van der Waals surface area contributed by atoms with Gasteiger partial charge in [-0.15, -0.1) is 35.3 Å². The highest BCUT2D eigenvalue weighted by Crippen LogP contribution is 2.26. The standard InChI is InChI=1S/C19H33N5S.HI/c1-3-17-12-22-18(25-17)8-10-21-19(20-2)23-16-9-11-24(14-16)13-15-6-4-5-7-15;/h12,15-16H,3-11,13-14H2,1-2H3,(H2,20,21,23);1H. The van der Waals surface area contributed by atoms with Crippen molar-refractivity contribution in [1.29, 1.82) is 0 Å². The lowest BCUT2D eigenvalue weighted by Gasteiger charge is -2.21. The number of thiazole rings is 1. The number of rotatable bonds is 7. The number of aliphatic imine (C=N–C) groups is 1. The molecule has 0 radical (unpaired) electrons. The molecular weight excluding hydrogens is 457 g/mol. The topological polar surface area (TPSA) is 52.6 Å². The van der Waals surface area contributed by atoms with Gasteiger partial charge in [0, 0.05) is 56.8 Å². The third-order valence-electron chi connectivity index (χ3n) is 5.41. The number of nitrogens with one attached hydrogen (secondary N) is 2. The molecule has 2 heterocycles. The first-order chi connectivity index (χ1) is 12.3. The van der Waals surface area contributed by atoms with Crippen LogP contribution in [0.5, 0.6) is 0 Å². The summed E-state index contributed by atoms with van der Waals surface area (Å²) < 4.78 is 0. The maximum Gasteiger partial charge on any atom is 0.191 e. The fraction of sp³-hybridized carbons (Fsp3) is 0.789. The summed E-state index contributed by atoms with van der Waals surface area (Å²) >= 11 is 1.82. The molecule has 2 N–H and O–H groups in total. The molecular formula is C19H34IN5S. The highest BCUT2D eigenvalue weighted by molar-refractivity contribution is 14.0. The van der Waals surface area contributed by atoms with Crippen molar-refractivity contribution in [3.63, 3.8) is 0 Å². The quantitative estimate of drug-likeness (QED) is 0.349. The minimum atomic E-state index is 0. The zero-order valence-corrected chi connectivity index (χ0v) is 19.3. The monoisotopic (exact) mass is 491 g/mol. The van der Waals surface area contributed by atoms with Crippen LogP contribution < -0.4 is 10.6 Å². The zero-order chi connectivity index (χ0) is 17.5. The number of likely N-dealkylation sites (tertiary alicyclic amines) is 1. The predicted molar refractivity (Wildman–Crippen MR) is 122 cm³/mol. The second kappa shape index (κ2) is 11.4. The van der Waals surface area contributed by atoms with Crippen molar-refractivity contribution in [1.82, 2.24) is 20.5 Å². The number of guanidine groups is 1. The van der Waals surface area contributed by atoms with Gasteiger partial charge in [0.2, 0.25) is 0 Å². The van der Waals surface area contributed by atoms with E-state index in [1.807, 2.05) is 24.6 Å². The molecule has 148 valence electrons. The maximum absolute atomic E-state index is 4.48. The molecule has 0 aromatic carbocycles. The lowest BCUT2D eigenvalue weighted by atomic mass is 10.1. The molecule has 1 atom stereocenters. The largest absolute Gasteiger partial charge is 0.356 e. The van der Waals surface area contributed by atoms with Crippen LogP contribution in [-0.2, 0) is 12.8 Å². The zero-order valence-electron chi connectivity index (χ0n) is 16.2. The number of halogens is 1. The highest BCUT2D eigenvalue weighted by atomic mass is 127.